The number of nitrogens with two attached hydrogens (primary N) is 1. The van der Waals surface area contributed by atoms with Gasteiger partial charge in [-0.2, -0.15) is 0 Å². The summed E-state index contributed by atoms with van der Waals surface area (Å²) < 4.78 is 10.6. The molecular formula is C11H9ClN2O2S. The largest absolute Gasteiger partial charge is 0.454 e. The highest BCUT2D eigenvalue weighted by Crippen LogP contribution is 2.41. The predicted molar refractivity (Wildman–Crippen MR) is 65.7 cm³/mol. The summed E-state index contributed by atoms with van der Waals surface area (Å²) in [5.41, 5.74) is 6.99. The molecule has 0 saturated carbocycles. The van der Waals surface area contributed by atoms with Crippen LogP contribution in [-0.4, -0.2) is 11.8 Å². The van der Waals surface area contributed by atoms with Crippen LogP contribution in [0.2, 0.25) is 5.02 Å². The van der Waals surface area contributed by atoms with Gasteiger partial charge in [-0.25, -0.2) is 4.98 Å². The first-order valence-corrected chi connectivity index (χ1v) is 6.25. The number of halogens is 1. The van der Waals surface area contributed by atoms with Gasteiger partial charge in [0.2, 0.25) is 6.79 Å². The number of fused-ring (bicyclic) bond motifs is 1. The van der Waals surface area contributed by atoms with Crippen molar-refractivity contribution in [1.82, 2.24) is 4.98 Å². The first kappa shape index (κ1) is 10.8. The number of hydrogen-bond acceptors (Lipinski definition) is 5. The lowest BCUT2D eigenvalue weighted by Gasteiger charge is -2.10. The number of ether oxygens (including phenoxy) is 2. The van der Waals surface area contributed by atoms with Crippen LogP contribution in [0.25, 0.3) is 0 Å². The SMILES string of the molecule is NC(c1cc(Cl)c2c(c1)OCO2)c1nccs1. The predicted octanol–water partition coefficient (Wildman–Crippen LogP) is 2.57. The average Bonchev–Trinajstić information content (AvgIpc) is 2.98. The van der Waals surface area contributed by atoms with Crippen molar-refractivity contribution in [3.8, 4) is 11.5 Å². The molecule has 0 aliphatic carbocycles. The standard InChI is InChI=1S/C11H9ClN2O2S/c12-7-3-6(4-8-10(7)16-5-15-8)9(13)11-14-1-2-17-11/h1-4,9H,5,13H2. The van der Waals surface area contributed by atoms with Crippen molar-refractivity contribution in [3.63, 3.8) is 0 Å². The van der Waals surface area contributed by atoms with Crippen molar-refractivity contribution >= 4 is 22.9 Å². The van der Waals surface area contributed by atoms with Gasteiger partial charge in [0.1, 0.15) is 5.01 Å². The molecule has 4 nitrogen and oxygen atoms in total. The monoisotopic (exact) mass is 268 g/mol. The summed E-state index contributed by atoms with van der Waals surface area (Å²) in [7, 11) is 0. The zero-order valence-electron chi connectivity index (χ0n) is 8.72. The summed E-state index contributed by atoms with van der Waals surface area (Å²) in [5.74, 6) is 1.22. The Morgan fingerprint density at radius 3 is 3.06 bits per heavy atom. The summed E-state index contributed by atoms with van der Waals surface area (Å²) in [5, 5.41) is 3.26. The van der Waals surface area contributed by atoms with E-state index in [1.54, 1.807) is 12.3 Å². The number of nitrogens with zero attached hydrogens (tertiary/aromatic N) is 1. The Morgan fingerprint density at radius 1 is 1.41 bits per heavy atom. The van der Waals surface area contributed by atoms with Gasteiger partial charge in [-0.05, 0) is 17.7 Å². The quantitative estimate of drug-likeness (QED) is 0.909. The topological polar surface area (TPSA) is 57.4 Å². The Balaban J connectivity index is 2.02. The molecule has 1 unspecified atom stereocenters. The van der Waals surface area contributed by atoms with Gasteiger partial charge in [0.15, 0.2) is 11.5 Å². The maximum atomic E-state index is 6.12. The van der Waals surface area contributed by atoms with E-state index < -0.39 is 0 Å². The highest BCUT2D eigenvalue weighted by atomic mass is 35.5. The molecule has 2 aromatic rings. The van der Waals surface area contributed by atoms with E-state index in [2.05, 4.69) is 4.98 Å². The molecule has 2 N–H and O–H groups in total. The molecular weight excluding hydrogens is 260 g/mol. The van der Waals surface area contributed by atoms with Crippen LogP contribution in [0.5, 0.6) is 11.5 Å². The molecule has 0 bridgehead atoms. The third-order valence-corrected chi connectivity index (χ3v) is 3.67. The number of rotatable bonds is 2. The molecule has 0 fully saturated rings. The first-order valence-electron chi connectivity index (χ1n) is 4.99. The number of aromatic nitrogens is 1. The third kappa shape index (κ3) is 1.86. The van der Waals surface area contributed by atoms with Crippen LogP contribution in [0.15, 0.2) is 23.7 Å². The minimum Gasteiger partial charge on any atom is -0.454 e. The van der Waals surface area contributed by atoms with Crippen LogP contribution < -0.4 is 15.2 Å². The summed E-state index contributed by atoms with van der Waals surface area (Å²) in [6.45, 7) is 0.199. The molecule has 0 radical (unpaired) electrons. The van der Waals surface area contributed by atoms with Gasteiger partial charge < -0.3 is 15.2 Å². The molecule has 0 amide bonds. The molecule has 1 aromatic heterocycles. The smallest absolute Gasteiger partial charge is 0.231 e. The number of benzene rings is 1. The van der Waals surface area contributed by atoms with E-state index in [1.165, 1.54) is 11.3 Å². The minimum atomic E-state index is -0.290. The number of thiazole rings is 1. The van der Waals surface area contributed by atoms with Gasteiger partial charge in [0.05, 0.1) is 11.1 Å². The van der Waals surface area contributed by atoms with E-state index in [0.717, 1.165) is 10.6 Å². The van der Waals surface area contributed by atoms with Crippen LogP contribution >= 0.6 is 22.9 Å². The van der Waals surface area contributed by atoms with Crippen LogP contribution in [0.3, 0.4) is 0 Å². The Kier molecular flexibility index (Phi) is 2.66. The van der Waals surface area contributed by atoms with Crippen molar-refractivity contribution < 1.29 is 9.47 Å². The lowest BCUT2D eigenvalue weighted by molar-refractivity contribution is 0.174. The summed E-state index contributed by atoms with van der Waals surface area (Å²) in [4.78, 5) is 4.19. The van der Waals surface area contributed by atoms with Crippen LogP contribution in [0.1, 0.15) is 16.6 Å². The molecule has 1 aliphatic rings. The Hall–Kier alpha value is -1.30. The van der Waals surface area contributed by atoms with Crippen molar-refractivity contribution in [2.24, 2.45) is 5.73 Å². The molecule has 0 spiro atoms. The Bertz CT molecular complexity index is 545. The Labute approximate surface area is 107 Å². The van der Waals surface area contributed by atoms with E-state index in [0.29, 0.717) is 16.5 Å². The fourth-order valence-corrected chi connectivity index (χ4v) is 2.64. The van der Waals surface area contributed by atoms with E-state index >= 15 is 0 Å². The maximum absolute atomic E-state index is 6.12. The van der Waals surface area contributed by atoms with Crippen molar-refractivity contribution in [3.05, 3.63) is 39.3 Å². The van der Waals surface area contributed by atoms with E-state index in [-0.39, 0.29) is 12.8 Å². The molecule has 2 heterocycles. The van der Waals surface area contributed by atoms with Crippen LogP contribution in [0.4, 0.5) is 0 Å². The molecule has 88 valence electrons. The maximum Gasteiger partial charge on any atom is 0.231 e. The summed E-state index contributed by atoms with van der Waals surface area (Å²) in [6.07, 6.45) is 1.73. The molecule has 17 heavy (non-hydrogen) atoms. The van der Waals surface area contributed by atoms with Gasteiger partial charge in [-0.1, -0.05) is 11.6 Å². The fraction of sp³-hybridized carbons (Fsp3) is 0.182. The van der Waals surface area contributed by atoms with E-state index in [4.69, 9.17) is 26.8 Å². The molecule has 1 aromatic carbocycles. The van der Waals surface area contributed by atoms with Crippen molar-refractivity contribution in [1.29, 1.82) is 0 Å². The summed E-state index contributed by atoms with van der Waals surface area (Å²) >= 11 is 7.62. The third-order valence-electron chi connectivity index (χ3n) is 2.53. The van der Waals surface area contributed by atoms with Gasteiger partial charge in [-0.3, -0.25) is 0 Å². The molecule has 1 aliphatic heterocycles. The highest BCUT2D eigenvalue weighted by Gasteiger charge is 2.21. The molecule has 0 saturated heterocycles. The lowest BCUT2D eigenvalue weighted by Crippen LogP contribution is -2.11. The lowest BCUT2D eigenvalue weighted by atomic mass is 10.1. The van der Waals surface area contributed by atoms with Gasteiger partial charge >= 0.3 is 0 Å². The fourth-order valence-electron chi connectivity index (χ4n) is 1.70. The average molecular weight is 269 g/mol. The second kappa shape index (κ2) is 4.18. The molecule has 1 atom stereocenters. The first-order chi connectivity index (χ1) is 8.25. The second-order valence-electron chi connectivity index (χ2n) is 3.58. The van der Waals surface area contributed by atoms with Gasteiger partial charge in [-0.15, -0.1) is 11.3 Å². The van der Waals surface area contributed by atoms with Gasteiger partial charge in [0.25, 0.3) is 0 Å². The van der Waals surface area contributed by atoms with Crippen molar-refractivity contribution in [2.45, 2.75) is 6.04 Å². The second-order valence-corrected chi connectivity index (χ2v) is 4.92. The molecule has 3 rings (SSSR count). The number of hydrogen-bond donors (Lipinski definition) is 1. The van der Waals surface area contributed by atoms with E-state index in [9.17, 15) is 0 Å². The van der Waals surface area contributed by atoms with Gasteiger partial charge in [0, 0.05) is 11.6 Å². The summed E-state index contributed by atoms with van der Waals surface area (Å²) in [6, 6.07) is 3.35. The van der Waals surface area contributed by atoms with Crippen LogP contribution in [-0.2, 0) is 0 Å². The van der Waals surface area contributed by atoms with Crippen LogP contribution in [0, 0.1) is 0 Å². The normalized spacial score (nSPS) is 14.9. The van der Waals surface area contributed by atoms with Crippen molar-refractivity contribution in [2.75, 3.05) is 6.79 Å². The van der Waals surface area contributed by atoms with E-state index in [1.807, 2.05) is 11.4 Å². The zero-order valence-corrected chi connectivity index (χ0v) is 10.3. The highest BCUT2D eigenvalue weighted by molar-refractivity contribution is 7.09. The minimum absolute atomic E-state index is 0.199. The molecule has 6 heteroatoms. The Morgan fingerprint density at radius 2 is 2.29 bits per heavy atom. The zero-order chi connectivity index (χ0) is 11.8.